The first-order valence-corrected chi connectivity index (χ1v) is 11.4. The van der Waals surface area contributed by atoms with Gasteiger partial charge >= 0.3 is 0 Å². The smallest absolute Gasteiger partial charge is 0.243 e. The third kappa shape index (κ3) is 4.99. The zero-order valence-electron chi connectivity index (χ0n) is 17.3. The molecule has 0 unspecified atom stereocenters. The van der Waals surface area contributed by atoms with E-state index in [0.717, 1.165) is 16.4 Å². The molecular weight excluding hydrogens is 426 g/mol. The molecule has 0 bridgehead atoms. The maximum absolute atomic E-state index is 14.0. The number of rotatable bonds is 6. The summed E-state index contributed by atoms with van der Waals surface area (Å²) in [4.78, 5) is 24.4. The molecule has 1 N–H and O–H groups in total. The molecule has 1 aliphatic rings. The molecular formula is C22H24F2N2O4S. The minimum atomic E-state index is -3.98. The molecule has 1 heterocycles. The van der Waals surface area contributed by atoms with Gasteiger partial charge in [-0.2, -0.15) is 4.31 Å². The molecule has 31 heavy (non-hydrogen) atoms. The van der Waals surface area contributed by atoms with Gasteiger partial charge < -0.3 is 5.32 Å². The highest BCUT2D eigenvalue weighted by atomic mass is 32.2. The predicted octanol–water partition coefficient (Wildman–Crippen LogP) is 3.59. The van der Waals surface area contributed by atoms with Crippen molar-refractivity contribution in [3.63, 3.8) is 0 Å². The summed E-state index contributed by atoms with van der Waals surface area (Å²) < 4.78 is 54.7. The van der Waals surface area contributed by atoms with Crippen molar-refractivity contribution in [3.8, 4) is 0 Å². The Balaban J connectivity index is 1.82. The first kappa shape index (κ1) is 23.0. The molecule has 2 aromatic carbocycles. The lowest BCUT2D eigenvalue weighted by Gasteiger charge is -2.34. The molecule has 0 radical (unpaired) electrons. The van der Waals surface area contributed by atoms with Crippen LogP contribution in [0.15, 0.2) is 47.4 Å². The molecule has 1 aliphatic heterocycles. The van der Waals surface area contributed by atoms with E-state index in [1.165, 1.54) is 37.3 Å². The summed E-state index contributed by atoms with van der Waals surface area (Å²) in [5.74, 6) is -2.23. The molecule has 1 saturated heterocycles. The van der Waals surface area contributed by atoms with Gasteiger partial charge in [-0.1, -0.05) is 24.6 Å². The third-order valence-corrected chi connectivity index (χ3v) is 7.33. The van der Waals surface area contributed by atoms with Crippen LogP contribution in [0.25, 0.3) is 0 Å². The van der Waals surface area contributed by atoms with Gasteiger partial charge in [-0.05, 0) is 44.9 Å². The van der Waals surface area contributed by atoms with E-state index in [-0.39, 0.29) is 22.8 Å². The summed E-state index contributed by atoms with van der Waals surface area (Å²) in [6.07, 6.45) is 1.61. The van der Waals surface area contributed by atoms with E-state index >= 15 is 0 Å². The second-order valence-electron chi connectivity index (χ2n) is 7.60. The number of sulfonamides is 1. The van der Waals surface area contributed by atoms with Gasteiger partial charge in [0, 0.05) is 23.7 Å². The number of amides is 1. The highest BCUT2D eigenvalue weighted by Gasteiger charge is 2.38. The van der Waals surface area contributed by atoms with Gasteiger partial charge in [0.05, 0.1) is 10.9 Å². The van der Waals surface area contributed by atoms with Gasteiger partial charge in [0.2, 0.25) is 15.9 Å². The van der Waals surface area contributed by atoms with Crippen LogP contribution in [0.1, 0.15) is 55.1 Å². The molecule has 166 valence electrons. The van der Waals surface area contributed by atoms with Gasteiger partial charge in [0.1, 0.15) is 17.7 Å². The van der Waals surface area contributed by atoms with Crippen molar-refractivity contribution >= 4 is 21.7 Å². The molecule has 2 aromatic rings. The molecule has 1 fully saturated rings. The zero-order valence-corrected chi connectivity index (χ0v) is 18.1. The molecule has 0 spiro atoms. The average molecular weight is 451 g/mol. The number of nitrogens with zero attached hydrogens (tertiary/aromatic N) is 1. The first-order valence-electron chi connectivity index (χ1n) is 9.99. The zero-order chi connectivity index (χ0) is 22.8. The fourth-order valence-corrected chi connectivity index (χ4v) is 5.35. The van der Waals surface area contributed by atoms with Gasteiger partial charge in [-0.15, -0.1) is 0 Å². The van der Waals surface area contributed by atoms with E-state index in [2.05, 4.69) is 5.32 Å². The predicted molar refractivity (Wildman–Crippen MR) is 111 cm³/mol. The molecule has 3 rings (SSSR count). The highest BCUT2D eigenvalue weighted by Crippen LogP contribution is 2.27. The molecule has 0 aliphatic carbocycles. The van der Waals surface area contributed by atoms with Crippen molar-refractivity contribution in [3.05, 3.63) is 65.2 Å². The number of carbonyl (C=O) groups is 2. The summed E-state index contributed by atoms with van der Waals surface area (Å²) in [6.45, 7) is 3.12. The summed E-state index contributed by atoms with van der Waals surface area (Å²) >= 11 is 0. The third-order valence-electron chi connectivity index (χ3n) is 5.41. The number of benzene rings is 2. The average Bonchev–Trinajstić information content (AvgIpc) is 2.73. The van der Waals surface area contributed by atoms with Crippen molar-refractivity contribution in [1.29, 1.82) is 0 Å². The van der Waals surface area contributed by atoms with Crippen molar-refractivity contribution in [2.75, 3.05) is 6.54 Å². The SMILES string of the molecule is CC(=O)c1ccc(S(=O)(=O)N2CCCC[C@H]2C(=O)N[C@H](C)c2ccc(F)cc2F)cc1. The van der Waals surface area contributed by atoms with Crippen LogP contribution < -0.4 is 5.32 Å². The fourth-order valence-electron chi connectivity index (χ4n) is 3.69. The maximum atomic E-state index is 14.0. The van der Waals surface area contributed by atoms with E-state index in [9.17, 15) is 26.8 Å². The standard InChI is InChI=1S/C22H24F2N2O4S/c1-14(19-11-8-17(23)13-20(19)24)25-22(28)21-5-3-4-12-26(21)31(29,30)18-9-6-16(7-10-18)15(2)27/h6-11,13-14,21H,3-5,12H2,1-2H3,(H,25,28)/t14-,21+/m1/s1. The van der Waals surface area contributed by atoms with Crippen LogP contribution in [0.3, 0.4) is 0 Å². The largest absolute Gasteiger partial charge is 0.348 e. The van der Waals surface area contributed by atoms with Gasteiger partial charge in [-0.3, -0.25) is 9.59 Å². The minimum absolute atomic E-state index is 0.00479. The van der Waals surface area contributed by atoms with Crippen molar-refractivity contribution in [1.82, 2.24) is 9.62 Å². The summed E-state index contributed by atoms with van der Waals surface area (Å²) in [7, 11) is -3.98. The molecule has 6 nitrogen and oxygen atoms in total. The molecule has 0 saturated carbocycles. The number of Topliss-reactive ketones (excluding diaryl/α,β-unsaturated/α-hetero) is 1. The number of hydrogen-bond donors (Lipinski definition) is 1. The van der Waals surface area contributed by atoms with Crippen LogP contribution in [0.4, 0.5) is 8.78 Å². The Hall–Kier alpha value is -2.65. The second-order valence-corrected chi connectivity index (χ2v) is 9.49. The van der Waals surface area contributed by atoms with Crippen molar-refractivity contribution in [2.45, 2.75) is 50.1 Å². The summed E-state index contributed by atoms with van der Waals surface area (Å²) in [5.41, 5.74) is 0.502. The Morgan fingerprint density at radius 3 is 2.39 bits per heavy atom. The number of ketones is 1. The lowest BCUT2D eigenvalue weighted by molar-refractivity contribution is -0.126. The Morgan fingerprint density at radius 1 is 1.10 bits per heavy atom. The lowest BCUT2D eigenvalue weighted by atomic mass is 10.0. The Morgan fingerprint density at radius 2 is 1.77 bits per heavy atom. The Labute approximate surface area is 180 Å². The Kier molecular flexibility index (Phi) is 6.86. The maximum Gasteiger partial charge on any atom is 0.243 e. The van der Waals surface area contributed by atoms with Crippen LogP contribution >= 0.6 is 0 Å². The first-order chi connectivity index (χ1) is 14.6. The lowest BCUT2D eigenvalue weighted by Crippen LogP contribution is -2.52. The fraction of sp³-hybridized carbons (Fsp3) is 0.364. The Bertz CT molecular complexity index is 1090. The number of nitrogens with one attached hydrogen (secondary N) is 1. The van der Waals surface area contributed by atoms with Crippen molar-refractivity contribution in [2.24, 2.45) is 0 Å². The molecule has 9 heteroatoms. The van der Waals surface area contributed by atoms with E-state index in [1.54, 1.807) is 6.92 Å². The second kappa shape index (κ2) is 9.23. The van der Waals surface area contributed by atoms with Gasteiger partial charge in [0.25, 0.3) is 0 Å². The number of hydrogen-bond acceptors (Lipinski definition) is 4. The van der Waals surface area contributed by atoms with Gasteiger partial charge in [0.15, 0.2) is 5.78 Å². The number of halogens is 2. The molecule has 0 aromatic heterocycles. The quantitative estimate of drug-likeness (QED) is 0.682. The van der Waals surface area contributed by atoms with Crippen LogP contribution in [0.2, 0.25) is 0 Å². The van der Waals surface area contributed by atoms with E-state index in [0.29, 0.717) is 24.8 Å². The topological polar surface area (TPSA) is 83.6 Å². The van der Waals surface area contributed by atoms with Crippen LogP contribution in [-0.4, -0.2) is 37.0 Å². The summed E-state index contributed by atoms with van der Waals surface area (Å²) in [6, 6.07) is 6.95. The van der Waals surface area contributed by atoms with Crippen LogP contribution in [0.5, 0.6) is 0 Å². The highest BCUT2D eigenvalue weighted by molar-refractivity contribution is 7.89. The van der Waals surface area contributed by atoms with E-state index in [4.69, 9.17) is 0 Å². The van der Waals surface area contributed by atoms with E-state index in [1.807, 2.05) is 0 Å². The van der Waals surface area contributed by atoms with E-state index < -0.39 is 39.6 Å². The van der Waals surface area contributed by atoms with Crippen molar-refractivity contribution < 1.29 is 26.8 Å². The summed E-state index contributed by atoms with van der Waals surface area (Å²) in [5, 5.41) is 2.65. The van der Waals surface area contributed by atoms with Crippen LogP contribution in [-0.2, 0) is 14.8 Å². The normalized spacial score (nSPS) is 18.4. The number of carbonyl (C=O) groups excluding carboxylic acids is 2. The molecule has 2 atom stereocenters. The number of piperidine rings is 1. The monoisotopic (exact) mass is 450 g/mol. The van der Waals surface area contributed by atoms with Gasteiger partial charge in [-0.25, -0.2) is 17.2 Å². The minimum Gasteiger partial charge on any atom is -0.348 e. The van der Waals surface area contributed by atoms with Crippen LogP contribution in [0, 0.1) is 11.6 Å². The molecule has 1 amide bonds.